The number of carbonyl (C=O) groups is 1. The summed E-state index contributed by atoms with van der Waals surface area (Å²) in [6.45, 7) is 5.77. The molecular formula is C14H19NO2. The number of hydrogen-bond donors (Lipinski definition) is 2. The van der Waals surface area contributed by atoms with Gasteiger partial charge in [0.25, 0.3) is 5.91 Å². The number of phenols is 1. The Labute approximate surface area is 102 Å². The highest BCUT2D eigenvalue weighted by atomic mass is 16.3. The van der Waals surface area contributed by atoms with Gasteiger partial charge in [0.2, 0.25) is 0 Å². The van der Waals surface area contributed by atoms with Crippen LogP contribution in [-0.4, -0.2) is 11.0 Å². The number of aryl methyl sites for hydroxylation is 1. The number of amides is 1. The number of hydrogen-bond acceptors (Lipinski definition) is 2. The highest BCUT2D eigenvalue weighted by molar-refractivity contribution is 6.04. The summed E-state index contributed by atoms with van der Waals surface area (Å²) < 4.78 is 0. The summed E-state index contributed by atoms with van der Waals surface area (Å²) in [5, 5.41) is 12.4. The van der Waals surface area contributed by atoms with Crippen LogP contribution in [0.3, 0.4) is 0 Å². The number of allylic oxidation sites excluding steroid dienone is 1. The number of rotatable bonds is 4. The van der Waals surface area contributed by atoms with Gasteiger partial charge in [0, 0.05) is 5.57 Å². The quantitative estimate of drug-likeness (QED) is 0.619. The summed E-state index contributed by atoms with van der Waals surface area (Å²) in [4.78, 5) is 11.8. The molecule has 0 atom stereocenters. The first-order valence-electron chi connectivity index (χ1n) is 5.88. The summed E-state index contributed by atoms with van der Waals surface area (Å²) in [6, 6.07) is 5.25. The second-order valence-corrected chi connectivity index (χ2v) is 3.95. The molecule has 17 heavy (non-hydrogen) atoms. The molecule has 0 unspecified atom stereocenters. The van der Waals surface area contributed by atoms with Crippen LogP contribution in [0, 0.1) is 0 Å². The van der Waals surface area contributed by atoms with Gasteiger partial charge >= 0.3 is 0 Å². The van der Waals surface area contributed by atoms with Crippen LogP contribution in [0.1, 0.15) is 32.8 Å². The first kappa shape index (κ1) is 13.3. The van der Waals surface area contributed by atoms with Gasteiger partial charge in [0.1, 0.15) is 5.75 Å². The maximum absolute atomic E-state index is 11.8. The molecular weight excluding hydrogens is 214 g/mol. The Morgan fingerprint density at radius 3 is 2.71 bits per heavy atom. The molecule has 0 saturated heterocycles. The van der Waals surface area contributed by atoms with Crippen molar-refractivity contribution in [2.24, 2.45) is 0 Å². The lowest BCUT2D eigenvalue weighted by molar-refractivity contribution is -0.112. The lowest BCUT2D eigenvalue weighted by Crippen LogP contribution is -2.12. The summed E-state index contributed by atoms with van der Waals surface area (Å²) >= 11 is 0. The normalized spacial score (nSPS) is 11.4. The maximum Gasteiger partial charge on any atom is 0.251 e. The van der Waals surface area contributed by atoms with Crippen LogP contribution in [-0.2, 0) is 11.2 Å². The molecule has 0 aromatic heterocycles. The van der Waals surface area contributed by atoms with E-state index in [1.165, 1.54) is 0 Å². The van der Waals surface area contributed by atoms with E-state index >= 15 is 0 Å². The predicted octanol–water partition coefficient (Wildman–Crippen LogP) is 3.25. The minimum Gasteiger partial charge on any atom is -0.506 e. The fraction of sp³-hybridized carbons (Fsp3) is 0.357. The second kappa shape index (κ2) is 6.09. The average molecular weight is 233 g/mol. The number of nitrogens with one attached hydrogen (secondary N) is 1. The Bertz CT molecular complexity index is 436. The fourth-order valence-electron chi connectivity index (χ4n) is 1.52. The minimum absolute atomic E-state index is 0.0971. The molecule has 3 heteroatoms. The zero-order valence-corrected chi connectivity index (χ0v) is 10.6. The zero-order chi connectivity index (χ0) is 12.8. The van der Waals surface area contributed by atoms with Crippen molar-refractivity contribution >= 4 is 11.6 Å². The van der Waals surface area contributed by atoms with Gasteiger partial charge in [-0.25, -0.2) is 0 Å². The molecule has 0 saturated carbocycles. The van der Waals surface area contributed by atoms with Gasteiger partial charge < -0.3 is 10.4 Å². The van der Waals surface area contributed by atoms with Crippen molar-refractivity contribution < 1.29 is 9.90 Å². The van der Waals surface area contributed by atoms with Gasteiger partial charge in [-0.1, -0.05) is 26.0 Å². The van der Waals surface area contributed by atoms with E-state index in [9.17, 15) is 9.90 Å². The van der Waals surface area contributed by atoms with Crippen molar-refractivity contribution in [2.75, 3.05) is 5.32 Å². The average Bonchev–Trinajstić information content (AvgIpc) is 2.32. The van der Waals surface area contributed by atoms with Crippen molar-refractivity contribution in [3.8, 4) is 5.75 Å². The van der Waals surface area contributed by atoms with Crippen molar-refractivity contribution in [2.45, 2.75) is 33.6 Å². The highest BCUT2D eigenvalue weighted by Gasteiger charge is 2.08. The summed E-state index contributed by atoms with van der Waals surface area (Å²) in [5.41, 5.74) is 2.21. The van der Waals surface area contributed by atoms with Gasteiger partial charge in [0.15, 0.2) is 0 Å². The van der Waals surface area contributed by atoms with Crippen molar-refractivity contribution in [3.05, 3.63) is 35.4 Å². The topological polar surface area (TPSA) is 49.3 Å². The third-order valence-electron chi connectivity index (χ3n) is 2.59. The van der Waals surface area contributed by atoms with Gasteiger partial charge in [-0.05, 0) is 37.5 Å². The monoisotopic (exact) mass is 233 g/mol. The summed E-state index contributed by atoms with van der Waals surface area (Å²) in [7, 11) is 0. The van der Waals surface area contributed by atoms with E-state index < -0.39 is 0 Å². The first-order valence-corrected chi connectivity index (χ1v) is 5.88. The largest absolute Gasteiger partial charge is 0.506 e. The molecule has 0 bridgehead atoms. The molecule has 3 nitrogen and oxygen atoms in total. The van der Waals surface area contributed by atoms with Crippen LogP contribution >= 0.6 is 0 Å². The van der Waals surface area contributed by atoms with Crippen LogP contribution in [0.5, 0.6) is 5.75 Å². The van der Waals surface area contributed by atoms with Gasteiger partial charge in [-0.2, -0.15) is 0 Å². The molecule has 0 radical (unpaired) electrons. The number of phenolic OH excluding ortho intramolecular Hbond substituents is 1. The van der Waals surface area contributed by atoms with E-state index in [1.807, 2.05) is 26.0 Å². The van der Waals surface area contributed by atoms with E-state index in [1.54, 1.807) is 19.1 Å². The molecule has 0 aliphatic heterocycles. The molecule has 0 aliphatic rings. The smallest absolute Gasteiger partial charge is 0.251 e. The first-order chi connectivity index (χ1) is 8.08. The Morgan fingerprint density at radius 2 is 2.12 bits per heavy atom. The standard InChI is InChI=1S/C14H19NO2/c1-4-6-10(3)14(17)15-12-9-11(5-2)7-8-13(12)16/h6-9,16H,4-5H2,1-3H3,(H,15,17). The van der Waals surface area contributed by atoms with E-state index in [0.717, 1.165) is 18.4 Å². The van der Waals surface area contributed by atoms with Gasteiger partial charge in [-0.3, -0.25) is 4.79 Å². The number of anilines is 1. The number of carbonyl (C=O) groups excluding carboxylic acids is 1. The van der Waals surface area contributed by atoms with Gasteiger partial charge in [0.05, 0.1) is 5.69 Å². The van der Waals surface area contributed by atoms with Crippen LogP contribution in [0.15, 0.2) is 29.8 Å². The van der Waals surface area contributed by atoms with Gasteiger partial charge in [-0.15, -0.1) is 0 Å². The molecule has 2 N–H and O–H groups in total. The van der Waals surface area contributed by atoms with Crippen molar-refractivity contribution in [1.82, 2.24) is 0 Å². The zero-order valence-electron chi connectivity index (χ0n) is 10.6. The summed E-state index contributed by atoms with van der Waals surface area (Å²) in [6.07, 6.45) is 3.54. The lowest BCUT2D eigenvalue weighted by Gasteiger charge is -2.09. The Morgan fingerprint density at radius 1 is 1.41 bits per heavy atom. The van der Waals surface area contributed by atoms with E-state index in [2.05, 4.69) is 5.32 Å². The maximum atomic E-state index is 11.8. The predicted molar refractivity (Wildman–Crippen MR) is 70.2 cm³/mol. The lowest BCUT2D eigenvalue weighted by atomic mass is 10.1. The number of benzene rings is 1. The minimum atomic E-state index is -0.171. The molecule has 1 rings (SSSR count). The Hall–Kier alpha value is -1.77. The Kier molecular flexibility index (Phi) is 4.76. The molecule has 1 amide bonds. The molecule has 0 fully saturated rings. The van der Waals surface area contributed by atoms with Crippen LogP contribution in [0.4, 0.5) is 5.69 Å². The van der Waals surface area contributed by atoms with Crippen LogP contribution < -0.4 is 5.32 Å². The van der Waals surface area contributed by atoms with E-state index in [-0.39, 0.29) is 11.7 Å². The SMILES string of the molecule is CCC=C(C)C(=O)Nc1cc(CC)ccc1O. The molecule has 0 spiro atoms. The molecule has 1 aromatic carbocycles. The molecule has 92 valence electrons. The van der Waals surface area contributed by atoms with E-state index in [0.29, 0.717) is 11.3 Å². The second-order valence-electron chi connectivity index (χ2n) is 3.95. The van der Waals surface area contributed by atoms with Crippen molar-refractivity contribution in [1.29, 1.82) is 0 Å². The Balaban J connectivity index is 2.87. The summed E-state index contributed by atoms with van der Waals surface area (Å²) in [5.74, 6) is -0.0738. The number of aromatic hydroxyl groups is 1. The molecule has 0 aliphatic carbocycles. The van der Waals surface area contributed by atoms with Crippen LogP contribution in [0.25, 0.3) is 0 Å². The third-order valence-corrected chi connectivity index (χ3v) is 2.59. The molecule has 0 heterocycles. The highest BCUT2D eigenvalue weighted by Crippen LogP contribution is 2.24. The van der Waals surface area contributed by atoms with Crippen molar-refractivity contribution in [3.63, 3.8) is 0 Å². The van der Waals surface area contributed by atoms with Crippen LogP contribution in [0.2, 0.25) is 0 Å². The molecule has 1 aromatic rings. The third kappa shape index (κ3) is 3.63. The van der Waals surface area contributed by atoms with E-state index in [4.69, 9.17) is 0 Å². The fourth-order valence-corrected chi connectivity index (χ4v) is 1.52.